The number of ether oxygens (including phenoxy) is 3. The summed E-state index contributed by atoms with van der Waals surface area (Å²) in [5, 5.41) is 1.52. The third-order valence-corrected chi connectivity index (χ3v) is 21.0. The first-order valence-corrected chi connectivity index (χ1v) is 25.3. The molecule has 0 N–H and O–H groups in total. The van der Waals surface area contributed by atoms with Crippen LogP contribution in [0.5, 0.6) is 11.9 Å². The molecule has 2 bridgehead atoms. The van der Waals surface area contributed by atoms with Crippen molar-refractivity contribution in [3.63, 3.8) is 0 Å². The average molecular weight is 889 g/mol. The van der Waals surface area contributed by atoms with E-state index in [1.165, 1.54) is 12.1 Å². The van der Waals surface area contributed by atoms with Crippen LogP contribution in [0.3, 0.4) is 0 Å². The van der Waals surface area contributed by atoms with Crippen molar-refractivity contribution in [1.29, 1.82) is 0 Å². The number of carbonyl (C=O) groups excluding carboxylic acids is 1. The fraction of sp³-hybridized carbons (Fsp3) is 0.529. The topological polar surface area (TPSA) is 93.2 Å². The van der Waals surface area contributed by atoms with Gasteiger partial charge in [-0.1, -0.05) is 90.0 Å². The van der Waals surface area contributed by atoms with E-state index in [1.54, 1.807) is 6.07 Å². The molecule has 0 radical (unpaired) electrons. The van der Waals surface area contributed by atoms with Crippen molar-refractivity contribution >= 4 is 41.7 Å². The molecule has 64 heavy (non-hydrogen) atoms. The van der Waals surface area contributed by atoms with Gasteiger partial charge in [-0.2, -0.15) is 9.97 Å². The Balaban J connectivity index is 1.23. The molecule has 9 rings (SSSR count). The zero-order chi connectivity index (χ0) is 45.8. The number of piperazine rings is 1. The molecule has 0 unspecified atom stereocenters. The Hall–Kier alpha value is -5.06. The van der Waals surface area contributed by atoms with Crippen LogP contribution in [0.15, 0.2) is 54.6 Å². The molecule has 4 fully saturated rings. The minimum absolute atomic E-state index is 0.00590. The maximum absolute atomic E-state index is 18.0. The number of aromatic nitrogens is 3. The van der Waals surface area contributed by atoms with E-state index in [4.69, 9.17) is 29.2 Å². The Labute approximate surface area is 377 Å². The van der Waals surface area contributed by atoms with Gasteiger partial charge in [0.05, 0.1) is 23.7 Å². The number of carbonyl (C=O) groups is 1. The van der Waals surface area contributed by atoms with Crippen LogP contribution in [0.1, 0.15) is 100 Å². The van der Waals surface area contributed by atoms with E-state index in [0.717, 1.165) is 49.9 Å². The van der Waals surface area contributed by atoms with Gasteiger partial charge < -0.3 is 19.1 Å². The summed E-state index contributed by atoms with van der Waals surface area (Å²) in [6, 6.07) is 7.55. The van der Waals surface area contributed by atoms with Gasteiger partial charge in [0.1, 0.15) is 54.6 Å². The van der Waals surface area contributed by atoms with Crippen LogP contribution in [-0.4, -0.2) is 101 Å². The second-order valence-electron chi connectivity index (χ2n) is 21.0. The van der Waals surface area contributed by atoms with Crippen molar-refractivity contribution in [2.75, 3.05) is 31.1 Å². The van der Waals surface area contributed by atoms with Crippen LogP contribution in [0.4, 0.5) is 19.4 Å². The highest BCUT2D eigenvalue weighted by Crippen LogP contribution is 2.49. The minimum atomic E-state index is -2.25. The summed E-state index contributed by atoms with van der Waals surface area (Å²) in [7, 11) is -2.25. The minimum Gasteiger partial charge on any atom is -0.472 e. The molecule has 5 aliphatic heterocycles. The summed E-state index contributed by atoms with van der Waals surface area (Å²) in [6.45, 7) is 31.8. The standard InChI is InChI=1S/C51H62F2N6O4Si/c1-28(2)64(29(3)4,30(5)6)19-18-35-21-36(52)20-34-14-13-15-38(40(34)35)43-42(53)44-41-46(56-48(55-44)61-27-51-22-31(7)24-57(51)25-32(8)23-51)58-26-37-16-17-39(45(58)33(9)62-47(41)54-43)59(37)49(60)63-50(10,11)12/h13-15,20-21,28-30,33,37,39,45H,7-8,16-17,22-27H2,1-6,9-12H3/t33-,37+,39-,45+/m0/s1. The summed E-state index contributed by atoms with van der Waals surface area (Å²) in [6.07, 6.45) is 2.13. The van der Waals surface area contributed by atoms with E-state index < -0.39 is 31.4 Å². The summed E-state index contributed by atoms with van der Waals surface area (Å²) in [5.41, 5.74) is 7.01. The molecule has 10 nitrogen and oxygen atoms in total. The van der Waals surface area contributed by atoms with E-state index in [9.17, 15) is 4.79 Å². The van der Waals surface area contributed by atoms with Gasteiger partial charge in [0.15, 0.2) is 5.82 Å². The molecule has 7 heterocycles. The Morgan fingerprint density at radius 2 is 1.67 bits per heavy atom. The highest BCUT2D eigenvalue weighted by atomic mass is 28.3. The largest absolute Gasteiger partial charge is 0.472 e. The van der Waals surface area contributed by atoms with E-state index in [2.05, 4.69) is 76.0 Å². The van der Waals surface area contributed by atoms with Crippen molar-refractivity contribution in [2.24, 2.45) is 0 Å². The molecular formula is C51H62F2N6O4Si. The molecule has 2 aromatic carbocycles. The lowest BCUT2D eigenvalue weighted by Gasteiger charge is -2.48. The van der Waals surface area contributed by atoms with Crippen LogP contribution in [0.2, 0.25) is 16.6 Å². The van der Waals surface area contributed by atoms with Crippen molar-refractivity contribution < 1.29 is 27.8 Å². The molecule has 0 saturated carbocycles. The highest BCUT2D eigenvalue weighted by molar-refractivity contribution is 6.90. The number of amides is 1. The first-order valence-electron chi connectivity index (χ1n) is 23.0. The quantitative estimate of drug-likeness (QED) is 0.102. The fourth-order valence-corrected chi connectivity index (χ4v) is 17.4. The van der Waals surface area contributed by atoms with Crippen molar-refractivity contribution in [3.05, 3.63) is 71.8 Å². The predicted molar refractivity (Wildman–Crippen MR) is 252 cm³/mol. The smallest absolute Gasteiger partial charge is 0.410 e. The van der Waals surface area contributed by atoms with E-state index in [1.807, 2.05) is 44.7 Å². The number of nitrogens with zero attached hydrogens (tertiary/aromatic N) is 6. The SMILES string of the molecule is C=C1CN2CC(=C)CC2(COc2nc3c4c(nc(-c5cccc6cc(F)cc(C#C[Si](C(C)C)(C(C)C)C(C)C)c56)c(F)c4n2)O[C@@H](C)[C@@H]2[C@@H]4CC[C@H](CN32)N4C(=O)OC(C)(C)C)C1. The molecule has 5 aliphatic rings. The lowest BCUT2D eigenvalue weighted by Crippen LogP contribution is -2.65. The average Bonchev–Trinajstić information content (AvgIpc) is 3.77. The third kappa shape index (κ3) is 7.23. The number of pyridine rings is 1. The number of halogens is 2. The number of hydrogen-bond acceptors (Lipinski definition) is 9. The van der Waals surface area contributed by atoms with E-state index >= 15 is 8.78 Å². The number of fused-ring (bicyclic) bond motifs is 7. The van der Waals surface area contributed by atoms with Crippen LogP contribution >= 0.6 is 0 Å². The van der Waals surface area contributed by atoms with E-state index in [-0.39, 0.29) is 59.5 Å². The van der Waals surface area contributed by atoms with Crippen LogP contribution in [0, 0.1) is 23.1 Å². The van der Waals surface area contributed by atoms with Gasteiger partial charge in [0.2, 0.25) is 5.88 Å². The molecule has 0 aliphatic carbocycles. The Bertz CT molecular complexity index is 2620. The molecule has 2 aromatic heterocycles. The summed E-state index contributed by atoms with van der Waals surface area (Å²) >= 11 is 0. The highest BCUT2D eigenvalue weighted by Gasteiger charge is 2.54. The number of anilines is 1. The molecular weight excluding hydrogens is 827 g/mol. The molecule has 13 heteroatoms. The maximum Gasteiger partial charge on any atom is 0.410 e. The number of benzene rings is 2. The Kier molecular flexibility index (Phi) is 10.9. The molecule has 4 atom stereocenters. The Morgan fingerprint density at radius 3 is 2.33 bits per heavy atom. The maximum atomic E-state index is 18.0. The molecule has 338 valence electrons. The van der Waals surface area contributed by atoms with Gasteiger partial charge in [-0.05, 0) is 87.5 Å². The second kappa shape index (κ2) is 15.8. The summed E-state index contributed by atoms with van der Waals surface area (Å²) in [4.78, 5) is 35.2. The zero-order valence-corrected chi connectivity index (χ0v) is 40.1. The van der Waals surface area contributed by atoms with E-state index in [0.29, 0.717) is 56.3 Å². The van der Waals surface area contributed by atoms with Gasteiger partial charge in [-0.15, -0.1) is 5.54 Å². The first-order chi connectivity index (χ1) is 30.2. The molecule has 0 spiro atoms. The van der Waals surface area contributed by atoms with Crippen LogP contribution < -0.4 is 14.4 Å². The first kappa shape index (κ1) is 44.2. The predicted octanol–water partition coefficient (Wildman–Crippen LogP) is 10.8. The monoisotopic (exact) mass is 888 g/mol. The lowest BCUT2D eigenvalue weighted by atomic mass is 9.92. The third-order valence-electron chi connectivity index (χ3n) is 14.7. The van der Waals surface area contributed by atoms with Crippen molar-refractivity contribution in [2.45, 2.75) is 147 Å². The second-order valence-corrected chi connectivity index (χ2v) is 26.6. The fourth-order valence-electron chi connectivity index (χ4n) is 12.2. The lowest BCUT2D eigenvalue weighted by molar-refractivity contribution is 0.000934. The number of rotatable bonds is 7. The van der Waals surface area contributed by atoms with Gasteiger partial charge in [-0.25, -0.2) is 18.6 Å². The van der Waals surface area contributed by atoms with Gasteiger partial charge in [0.25, 0.3) is 0 Å². The van der Waals surface area contributed by atoms with Crippen LogP contribution in [-0.2, 0) is 4.74 Å². The number of hydrogen-bond donors (Lipinski definition) is 0. The normalized spacial score (nSPS) is 22.9. The van der Waals surface area contributed by atoms with Crippen molar-refractivity contribution in [1.82, 2.24) is 24.8 Å². The molecule has 4 aromatic rings. The Morgan fingerprint density at radius 1 is 0.984 bits per heavy atom. The molecule has 4 saturated heterocycles. The van der Waals surface area contributed by atoms with Gasteiger partial charge in [0, 0.05) is 36.1 Å². The van der Waals surface area contributed by atoms with Gasteiger partial charge in [-0.3, -0.25) is 9.80 Å². The zero-order valence-electron chi connectivity index (χ0n) is 39.1. The summed E-state index contributed by atoms with van der Waals surface area (Å²) < 4.78 is 53.0. The van der Waals surface area contributed by atoms with Crippen LogP contribution in [0.25, 0.3) is 32.9 Å². The summed E-state index contributed by atoms with van der Waals surface area (Å²) in [5.74, 6) is 3.01. The van der Waals surface area contributed by atoms with Crippen molar-refractivity contribution in [3.8, 4) is 34.6 Å². The molecule has 1 amide bonds. The van der Waals surface area contributed by atoms with Gasteiger partial charge >= 0.3 is 12.1 Å².